The van der Waals surface area contributed by atoms with Crippen LogP contribution in [-0.4, -0.2) is 17.6 Å². The highest BCUT2D eigenvalue weighted by Crippen LogP contribution is 2.26. The molecule has 5 nitrogen and oxygen atoms in total. The average molecular weight is 294 g/mol. The van der Waals surface area contributed by atoms with E-state index in [0.29, 0.717) is 23.2 Å². The van der Waals surface area contributed by atoms with Gasteiger partial charge < -0.3 is 10.6 Å². The minimum absolute atomic E-state index is 0.0391. The molecule has 2 aromatic carbocycles. The first-order chi connectivity index (χ1) is 10.5. The van der Waals surface area contributed by atoms with Crippen LogP contribution in [0, 0.1) is 0 Å². The van der Waals surface area contributed by atoms with Gasteiger partial charge >= 0.3 is 0 Å². The van der Waals surface area contributed by atoms with E-state index in [9.17, 15) is 14.4 Å². The van der Waals surface area contributed by atoms with E-state index in [2.05, 4.69) is 10.6 Å². The number of ketones is 1. The maximum atomic E-state index is 12.2. The largest absolute Gasteiger partial charge is 0.326 e. The second-order valence-electron chi connectivity index (χ2n) is 5.18. The van der Waals surface area contributed by atoms with Crippen LogP contribution in [0.3, 0.4) is 0 Å². The second-order valence-corrected chi connectivity index (χ2v) is 5.18. The van der Waals surface area contributed by atoms with Gasteiger partial charge in [0.1, 0.15) is 0 Å². The molecule has 1 aliphatic heterocycles. The van der Waals surface area contributed by atoms with Crippen molar-refractivity contribution in [3.63, 3.8) is 0 Å². The van der Waals surface area contributed by atoms with Crippen molar-refractivity contribution in [3.05, 3.63) is 59.2 Å². The number of fused-ring (bicyclic) bond motifs is 1. The predicted molar refractivity (Wildman–Crippen MR) is 83.2 cm³/mol. The molecule has 2 amide bonds. The van der Waals surface area contributed by atoms with Gasteiger partial charge in [-0.05, 0) is 42.8 Å². The predicted octanol–water partition coefficient (Wildman–Crippen LogP) is 2.64. The van der Waals surface area contributed by atoms with Crippen molar-refractivity contribution in [2.75, 3.05) is 10.6 Å². The SMILES string of the molecule is CC(=O)c1ccc(C(=O)Nc2ccc3c(c2)CC(=O)N3)cc1. The Balaban J connectivity index is 1.76. The van der Waals surface area contributed by atoms with Crippen molar-refractivity contribution in [1.82, 2.24) is 0 Å². The standard InChI is InChI=1S/C17H14N2O3/c1-10(20)11-2-4-12(5-3-11)17(22)18-14-6-7-15-13(8-14)9-16(21)19-15/h2-8H,9H2,1H3,(H,18,22)(H,19,21). The number of Topliss-reactive ketones (excluding diaryl/α,β-unsaturated/α-hetero) is 1. The fraction of sp³-hybridized carbons (Fsp3) is 0.118. The third-order valence-corrected chi connectivity index (χ3v) is 3.54. The maximum absolute atomic E-state index is 12.2. The highest BCUT2D eigenvalue weighted by Gasteiger charge is 2.18. The molecule has 0 aromatic heterocycles. The lowest BCUT2D eigenvalue weighted by atomic mass is 10.1. The number of nitrogens with one attached hydrogen (secondary N) is 2. The van der Waals surface area contributed by atoms with Gasteiger partial charge in [0.15, 0.2) is 5.78 Å². The van der Waals surface area contributed by atoms with E-state index in [1.165, 1.54) is 6.92 Å². The molecular formula is C17H14N2O3. The first kappa shape index (κ1) is 14.0. The molecule has 2 aromatic rings. The maximum Gasteiger partial charge on any atom is 0.255 e. The minimum atomic E-state index is -0.257. The van der Waals surface area contributed by atoms with E-state index in [1.54, 1.807) is 42.5 Å². The van der Waals surface area contributed by atoms with Crippen molar-refractivity contribution in [1.29, 1.82) is 0 Å². The molecule has 0 radical (unpaired) electrons. The molecule has 5 heteroatoms. The van der Waals surface area contributed by atoms with Crippen LogP contribution in [-0.2, 0) is 11.2 Å². The van der Waals surface area contributed by atoms with Gasteiger partial charge in [-0.1, -0.05) is 12.1 Å². The third-order valence-electron chi connectivity index (χ3n) is 3.54. The van der Waals surface area contributed by atoms with Crippen molar-refractivity contribution < 1.29 is 14.4 Å². The van der Waals surface area contributed by atoms with E-state index in [-0.39, 0.29) is 17.6 Å². The molecule has 0 fully saturated rings. The average Bonchev–Trinajstić information content (AvgIpc) is 2.86. The summed E-state index contributed by atoms with van der Waals surface area (Å²) in [7, 11) is 0. The fourth-order valence-electron chi connectivity index (χ4n) is 2.37. The van der Waals surface area contributed by atoms with Gasteiger partial charge in [-0.25, -0.2) is 0 Å². The first-order valence-corrected chi connectivity index (χ1v) is 6.88. The smallest absolute Gasteiger partial charge is 0.255 e. The van der Waals surface area contributed by atoms with Gasteiger partial charge in [0.05, 0.1) is 6.42 Å². The normalized spacial score (nSPS) is 12.5. The van der Waals surface area contributed by atoms with Crippen LogP contribution < -0.4 is 10.6 Å². The molecule has 0 aliphatic carbocycles. The highest BCUT2D eigenvalue weighted by atomic mass is 16.2. The molecule has 3 rings (SSSR count). The topological polar surface area (TPSA) is 75.3 Å². The molecule has 110 valence electrons. The summed E-state index contributed by atoms with van der Waals surface area (Å²) in [6.07, 6.45) is 0.326. The second kappa shape index (κ2) is 5.44. The number of hydrogen-bond acceptors (Lipinski definition) is 3. The van der Waals surface area contributed by atoms with Crippen molar-refractivity contribution >= 4 is 29.0 Å². The summed E-state index contributed by atoms with van der Waals surface area (Å²) in [5.41, 5.74) is 3.33. The molecule has 1 aliphatic rings. The zero-order valence-corrected chi connectivity index (χ0v) is 12.0. The number of carbonyl (C=O) groups is 3. The molecule has 0 saturated carbocycles. The van der Waals surface area contributed by atoms with Gasteiger partial charge in [0.25, 0.3) is 5.91 Å². The molecule has 0 spiro atoms. The Hall–Kier alpha value is -2.95. The number of amides is 2. The quantitative estimate of drug-likeness (QED) is 0.854. The Kier molecular flexibility index (Phi) is 3.47. The van der Waals surface area contributed by atoms with Crippen LogP contribution in [0.5, 0.6) is 0 Å². The van der Waals surface area contributed by atoms with Crippen LogP contribution in [0.4, 0.5) is 11.4 Å². The summed E-state index contributed by atoms with van der Waals surface area (Å²) in [5, 5.41) is 5.53. The lowest BCUT2D eigenvalue weighted by molar-refractivity contribution is -0.115. The molecule has 0 atom stereocenters. The zero-order valence-electron chi connectivity index (χ0n) is 12.0. The van der Waals surface area contributed by atoms with Crippen molar-refractivity contribution in [2.45, 2.75) is 13.3 Å². The number of benzene rings is 2. The van der Waals surface area contributed by atoms with Crippen LogP contribution in [0.2, 0.25) is 0 Å². The zero-order chi connectivity index (χ0) is 15.7. The van der Waals surface area contributed by atoms with Gasteiger partial charge in [-0.2, -0.15) is 0 Å². The summed E-state index contributed by atoms with van der Waals surface area (Å²) in [4.78, 5) is 34.7. The molecule has 2 N–H and O–H groups in total. The van der Waals surface area contributed by atoms with Crippen molar-refractivity contribution in [2.24, 2.45) is 0 Å². The van der Waals surface area contributed by atoms with Crippen molar-refractivity contribution in [3.8, 4) is 0 Å². The minimum Gasteiger partial charge on any atom is -0.326 e. The monoisotopic (exact) mass is 294 g/mol. The Morgan fingerprint density at radius 3 is 2.41 bits per heavy atom. The number of rotatable bonds is 3. The Labute approximate surface area is 127 Å². The van der Waals surface area contributed by atoms with E-state index < -0.39 is 0 Å². The molecular weight excluding hydrogens is 280 g/mol. The van der Waals surface area contributed by atoms with Crippen LogP contribution >= 0.6 is 0 Å². The summed E-state index contributed by atoms with van der Waals surface area (Å²) < 4.78 is 0. The summed E-state index contributed by atoms with van der Waals surface area (Å²) >= 11 is 0. The van der Waals surface area contributed by atoms with E-state index in [4.69, 9.17) is 0 Å². The summed E-state index contributed by atoms with van der Waals surface area (Å²) in [6.45, 7) is 1.48. The first-order valence-electron chi connectivity index (χ1n) is 6.88. The van der Waals surface area contributed by atoms with Gasteiger partial charge in [-0.3, -0.25) is 14.4 Å². The Morgan fingerprint density at radius 2 is 1.73 bits per heavy atom. The molecule has 0 bridgehead atoms. The Morgan fingerprint density at radius 1 is 1.05 bits per heavy atom. The van der Waals surface area contributed by atoms with E-state index >= 15 is 0 Å². The molecule has 0 saturated heterocycles. The lowest BCUT2D eigenvalue weighted by Crippen LogP contribution is -2.12. The van der Waals surface area contributed by atoms with Gasteiger partial charge in [0.2, 0.25) is 5.91 Å². The van der Waals surface area contributed by atoms with Gasteiger partial charge in [-0.15, -0.1) is 0 Å². The van der Waals surface area contributed by atoms with Crippen LogP contribution in [0.15, 0.2) is 42.5 Å². The number of anilines is 2. The molecule has 0 unspecified atom stereocenters. The molecule has 22 heavy (non-hydrogen) atoms. The fourth-order valence-corrected chi connectivity index (χ4v) is 2.37. The highest BCUT2D eigenvalue weighted by molar-refractivity contribution is 6.06. The van der Waals surface area contributed by atoms with Crippen LogP contribution in [0.1, 0.15) is 33.2 Å². The third kappa shape index (κ3) is 2.74. The van der Waals surface area contributed by atoms with Gasteiger partial charge in [0, 0.05) is 22.5 Å². The summed E-state index contributed by atoms with van der Waals surface area (Å²) in [5.74, 6) is -0.339. The summed E-state index contributed by atoms with van der Waals surface area (Å²) in [6, 6.07) is 11.8. The number of hydrogen-bond donors (Lipinski definition) is 2. The van der Waals surface area contributed by atoms with Crippen LogP contribution in [0.25, 0.3) is 0 Å². The Bertz CT molecular complexity index is 779. The molecule has 1 heterocycles. The van der Waals surface area contributed by atoms with E-state index in [0.717, 1.165) is 11.3 Å². The number of carbonyl (C=O) groups excluding carboxylic acids is 3. The lowest BCUT2D eigenvalue weighted by Gasteiger charge is -2.07. The van der Waals surface area contributed by atoms with E-state index in [1.807, 2.05) is 0 Å².